The van der Waals surface area contributed by atoms with Crippen LogP contribution in [0, 0.1) is 12.8 Å². The number of anilines is 1. The number of hydrogen-bond acceptors (Lipinski definition) is 5. The van der Waals surface area contributed by atoms with Gasteiger partial charge in [-0.15, -0.1) is 36.2 Å². The fourth-order valence-corrected chi connectivity index (χ4v) is 3.36. The van der Waals surface area contributed by atoms with Crippen molar-refractivity contribution in [2.45, 2.75) is 19.8 Å². The molecule has 2 heterocycles. The summed E-state index contributed by atoms with van der Waals surface area (Å²) in [5, 5.41) is 6.25. The smallest absolute Gasteiger partial charge is 0.225 e. The van der Waals surface area contributed by atoms with Crippen LogP contribution in [0.5, 0.6) is 0 Å². The van der Waals surface area contributed by atoms with Gasteiger partial charge in [0.1, 0.15) is 0 Å². The van der Waals surface area contributed by atoms with E-state index >= 15 is 0 Å². The number of nitrogens with zero attached hydrogens (tertiary/aromatic N) is 3. The van der Waals surface area contributed by atoms with Crippen molar-refractivity contribution in [3.63, 3.8) is 0 Å². The summed E-state index contributed by atoms with van der Waals surface area (Å²) >= 11 is 1.69. The molecule has 0 unspecified atom stereocenters. The number of aromatic nitrogens is 1. The Morgan fingerprint density at radius 3 is 2.59 bits per heavy atom. The van der Waals surface area contributed by atoms with Gasteiger partial charge in [0.25, 0.3) is 0 Å². The average Bonchev–Trinajstić information content (AvgIpc) is 2.90. The van der Waals surface area contributed by atoms with Gasteiger partial charge in [-0.2, -0.15) is 0 Å². The first-order chi connectivity index (χ1) is 9.61. The van der Waals surface area contributed by atoms with E-state index in [1.807, 2.05) is 25.9 Å². The van der Waals surface area contributed by atoms with Gasteiger partial charge in [-0.25, -0.2) is 4.98 Å². The Kier molecular flexibility index (Phi) is 10.00. The quantitative estimate of drug-likeness (QED) is 0.865. The number of carbonyl (C=O) groups excluding carboxylic acids is 1. The van der Waals surface area contributed by atoms with Crippen LogP contribution < -0.4 is 10.2 Å². The van der Waals surface area contributed by atoms with Crippen LogP contribution in [0.3, 0.4) is 0 Å². The van der Waals surface area contributed by atoms with Crippen LogP contribution in [-0.2, 0) is 4.79 Å². The fraction of sp³-hybridized carbons (Fsp3) is 0.714. The van der Waals surface area contributed by atoms with Crippen LogP contribution in [0.25, 0.3) is 0 Å². The molecule has 1 aliphatic heterocycles. The minimum absolute atomic E-state index is 0. The van der Waals surface area contributed by atoms with E-state index in [0.29, 0.717) is 0 Å². The molecule has 1 amide bonds. The first kappa shape index (κ1) is 21.4. The highest BCUT2D eigenvalue weighted by atomic mass is 35.5. The van der Waals surface area contributed by atoms with Crippen LogP contribution in [-0.4, -0.2) is 56.1 Å². The molecule has 1 fully saturated rings. The van der Waals surface area contributed by atoms with Gasteiger partial charge in [-0.1, -0.05) is 0 Å². The maximum absolute atomic E-state index is 12.3. The number of piperidine rings is 1. The van der Waals surface area contributed by atoms with E-state index in [0.717, 1.165) is 49.8 Å². The second-order valence-electron chi connectivity index (χ2n) is 5.40. The molecule has 1 saturated heterocycles. The lowest BCUT2D eigenvalue weighted by atomic mass is 9.95. The van der Waals surface area contributed by atoms with Crippen molar-refractivity contribution >= 4 is 47.2 Å². The second-order valence-corrected chi connectivity index (χ2v) is 6.23. The van der Waals surface area contributed by atoms with Gasteiger partial charge in [-0.3, -0.25) is 4.79 Å². The van der Waals surface area contributed by atoms with Crippen molar-refractivity contribution < 1.29 is 4.79 Å². The second kappa shape index (κ2) is 10.3. The SMILES string of the molecule is CNCCN(C)C(=O)C1CCN(c2nc(C)cs2)CC1.Cl.Cl. The summed E-state index contributed by atoms with van der Waals surface area (Å²) in [6.07, 6.45) is 1.86. The lowest BCUT2D eigenvalue weighted by molar-refractivity contribution is -0.134. The van der Waals surface area contributed by atoms with E-state index in [2.05, 4.69) is 20.6 Å². The normalized spacial score (nSPS) is 15.0. The van der Waals surface area contributed by atoms with Gasteiger partial charge in [0.05, 0.1) is 5.69 Å². The largest absolute Gasteiger partial charge is 0.348 e. The number of halogens is 2. The molecule has 1 aliphatic rings. The topological polar surface area (TPSA) is 48.5 Å². The van der Waals surface area contributed by atoms with E-state index < -0.39 is 0 Å². The molecule has 5 nitrogen and oxygen atoms in total. The first-order valence-electron chi connectivity index (χ1n) is 7.18. The number of amides is 1. The third-order valence-electron chi connectivity index (χ3n) is 3.80. The maximum Gasteiger partial charge on any atom is 0.225 e. The molecule has 1 aromatic rings. The van der Waals surface area contributed by atoms with Crippen LogP contribution in [0.4, 0.5) is 5.13 Å². The molecule has 1 N–H and O–H groups in total. The summed E-state index contributed by atoms with van der Waals surface area (Å²) in [5.41, 5.74) is 1.08. The lowest BCUT2D eigenvalue weighted by Gasteiger charge is -2.33. The highest BCUT2D eigenvalue weighted by Gasteiger charge is 2.27. The molecule has 0 aromatic carbocycles. The molecule has 0 atom stereocenters. The Morgan fingerprint density at radius 2 is 2.09 bits per heavy atom. The highest BCUT2D eigenvalue weighted by molar-refractivity contribution is 7.13. The van der Waals surface area contributed by atoms with E-state index in [9.17, 15) is 4.79 Å². The van der Waals surface area contributed by atoms with Crippen LogP contribution in [0.1, 0.15) is 18.5 Å². The molecule has 0 bridgehead atoms. The highest BCUT2D eigenvalue weighted by Crippen LogP contribution is 2.26. The van der Waals surface area contributed by atoms with Gasteiger partial charge < -0.3 is 15.1 Å². The van der Waals surface area contributed by atoms with Crippen molar-refractivity contribution in [2.75, 3.05) is 45.2 Å². The predicted octanol–water partition coefficient (Wildman–Crippen LogP) is 2.19. The van der Waals surface area contributed by atoms with Crippen molar-refractivity contribution in [1.29, 1.82) is 0 Å². The molecule has 0 radical (unpaired) electrons. The van der Waals surface area contributed by atoms with E-state index in [1.54, 1.807) is 11.3 Å². The summed E-state index contributed by atoms with van der Waals surface area (Å²) in [6, 6.07) is 0. The zero-order valence-electron chi connectivity index (χ0n) is 13.4. The lowest BCUT2D eigenvalue weighted by Crippen LogP contribution is -2.42. The molecular weight excluding hydrogens is 343 g/mol. The molecule has 1 aromatic heterocycles. The van der Waals surface area contributed by atoms with Crippen LogP contribution >= 0.6 is 36.2 Å². The minimum Gasteiger partial charge on any atom is -0.348 e. The monoisotopic (exact) mass is 368 g/mol. The van der Waals surface area contributed by atoms with Crippen LogP contribution in [0.2, 0.25) is 0 Å². The van der Waals surface area contributed by atoms with Crippen LogP contribution in [0.15, 0.2) is 5.38 Å². The Bertz CT molecular complexity index is 450. The molecule has 0 saturated carbocycles. The molecule has 2 rings (SSSR count). The zero-order chi connectivity index (χ0) is 14.5. The number of thiazole rings is 1. The van der Waals surface area contributed by atoms with E-state index in [4.69, 9.17) is 0 Å². The molecule has 8 heteroatoms. The Labute approximate surface area is 149 Å². The third-order valence-corrected chi connectivity index (χ3v) is 4.81. The fourth-order valence-electron chi connectivity index (χ4n) is 2.51. The molecule has 22 heavy (non-hydrogen) atoms. The number of aryl methyl sites for hydroxylation is 1. The number of rotatable bonds is 5. The maximum atomic E-state index is 12.3. The van der Waals surface area contributed by atoms with Gasteiger partial charge in [0, 0.05) is 44.5 Å². The minimum atomic E-state index is 0. The zero-order valence-corrected chi connectivity index (χ0v) is 15.8. The van der Waals surface area contributed by atoms with Crippen molar-refractivity contribution in [3.8, 4) is 0 Å². The number of likely N-dealkylation sites (N-methyl/N-ethyl adjacent to an activating group) is 2. The average molecular weight is 369 g/mol. The van der Waals surface area contributed by atoms with E-state index in [-0.39, 0.29) is 36.6 Å². The van der Waals surface area contributed by atoms with Gasteiger partial charge in [0.15, 0.2) is 5.13 Å². The summed E-state index contributed by atoms with van der Waals surface area (Å²) in [4.78, 5) is 21.0. The van der Waals surface area contributed by atoms with Crippen molar-refractivity contribution in [3.05, 3.63) is 11.1 Å². The van der Waals surface area contributed by atoms with E-state index in [1.165, 1.54) is 0 Å². The Balaban J connectivity index is 0.00000220. The summed E-state index contributed by atoms with van der Waals surface area (Å²) in [6.45, 7) is 5.51. The third kappa shape index (κ3) is 5.57. The first-order valence-corrected chi connectivity index (χ1v) is 8.06. The molecule has 128 valence electrons. The summed E-state index contributed by atoms with van der Waals surface area (Å²) in [7, 11) is 3.81. The van der Waals surface area contributed by atoms with Gasteiger partial charge >= 0.3 is 0 Å². The Morgan fingerprint density at radius 1 is 1.45 bits per heavy atom. The number of nitrogens with one attached hydrogen (secondary N) is 1. The summed E-state index contributed by atoms with van der Waals surface area (Å²) < 4.78 is 0. The number of carbonyl (C=O) groups is 1. The Hall–Kier alpha value is -0.560. The van der Waals surface area contributed by atoms with Gasteiger partial charge in [0.2, 0.25) is 5.91 Å². The molecule has 0 aliphatic carbocycles. The van der Waals surface area contributed by atoms with Gasteiger partial charge in [-0.05, 0) is 26.8 Å². The predicted molar refractivity (Wildman–Crippen MR) is 97.8 cm³/mol. The standard InChI is InChI=1S/C14H24N4OS.2ClH/c1-11-10-20-14(16-11)18-7-4-12(5-8-18)13(19)17(3)9-6-15-2;;/h10,12,15H,4-9H2,1-3H3;2*1H. The molecular formula is C14H26Cl2N4OS. The van der Waals surface area contributed by atoms with Crippen molar-refractivity contribution in [1.82, 2.24) is 15.2 Å². The molecule has 0 spiro atoms. The number of hydrogen-bond donors (Lipinski definition) is 1. The van der Waals surface area contributed by atoms with Crippen molar-refractivity contribution in [2.24, 2.45) is 5.92 Å². The summed E-state index contributed by atoms with van der Waals surface area (Å²) in [5.74, 6) is 0.462.